The van der Waals surface area contributed by atoms with Crippen LogP contribution < -0.4 is 10.1 Å². The van der Waals surface area contributed by atoms with Crippen LogP contribution in [-0.4, -0.2) is 42.1 Å². The summed E-state index contributed by atoms with van der Waals surface area (Å²) in [6.07, 6.45) is -0.639. The first kappa shape index (κ1) is 14.3. The maximum Gasteiger partial charge on any atom is 0.138 e. The van der Waals surface area contributed by atoms with Crippen LogP contribution in [0.3, 0.4) is 0 Å². The number of aliphatic hydroxyl groups is 2. The Kier molecular flexibility index (Phi) is 6.29. The van der Waals surface area contributed by atoms with E-state index in [4.69, 9.17) is 21.4 Å². The van der Waals surface area contributed by atoms with Crippen molar-refractivity contribution in [3.05, 3.63) is 29.3 Å². The van der Waals surface area contributed by atoms with Gasteiger partial charge in [0.05, 0.1) is 11.6 Å². The van der Waals surface area contributed by atoms with E-state index in [1.54, 1.807) is 12.1 Å². The molecule has 0 aliphatic carbocycles. The lowest BCUT2D eigenvalue weighted by Gasteiger charge is -2.16. The molecule has 0 aromatic heterocycles. The van der Waals surface area contributed by atoms with E-state index in [0.717, 1.165) is 0 Å². The molecular formula is C12H18ClNO3. The lowest BCUT2D eigenvalue weighted by molar-refractivity contribution is 0.101. The van der Waals surface area contributed by atoms with E-state index < -0.39 is 6.10 Å². The Hall–Kier alpha value is -0.810. The summed E-state index contributed by atoms with van der Waals surface area (Å²) in [5.41, 5.74) is 0. The number of hydrogen-bond donors (Lipinski definition) is 3. The molecule has 96 valence electrons. The SMILES string of the molecule is CC(CO)NCC(O)COc1ccccc1Cl. The van der Waals surface area contributed by atoms with Crippen molar-refractivity contribution in [3.8, 4) is 5.75 Å². The molecule has 2 unspecified atom stereocenters. The Balaban J connectivity index is 2.28. The standard InChI is InChI=1S/C12H18ClNO3/c1-9(7-15)14-6-10(16)8-17-12-5-3-2-4-11(12)13/h2-5,9-10,14-16H,6-8H2,1H3. The van der Waals surface area contributed by atoms with Crippen molar-refractivity contribution in [2.45, 2.75) is 19.1 Å². The topological polar surface area (TPSA) is 61.7 Å². The summed E-state index contributed by atoms with van der Waals surface area (Å²) in [6, 6.07) is 7.08. The molecule has 1 aromatic carbocycles. The molecule has 0 aliphatic heterocycles. The summed E-state index contributed by atoms with van der Waals surface area (Å²) >= 11 is 5.90. The molecule has 0 heterocycles. The molecule has 1 rings (SSSR count). The van der Waals surface area contributed by atoms with Gasteiger partial charge >= 0.3 is 0 Å². The van der Waals surface area contributed by atoms with Crippen molar-refractivity contribution in [1.82, 2.24) is 5.32 Å². The van der Waals surface area contributed by atoms with Crippen molar-refractivity contribution in [1.29, 1.82) is 0 Å². The molecule has 0 amide bonds. The Morgan fingerprint density at radius 3 is 2.76 bits per heavy atom. The smallest absolute Gasteiger partial charge is 0.138 e. The largest absolute Gasteiger partial charge is 0.489 e. The number of hydrogen-bond acceptors (Lipinski definition) is 4. The molecule has 0 bridgehead atoms. The van der Waals surface area contributed by atoms with Gasteiger partial charge < -0.3 is 20.3 Å². The Labute approximate surface area is 106 Å². The van der Waals surface area contributed by atoms with Crippen LogP contribution in [0.25, 0.3) is 0 Å². The summed E-state index contributed by atoms with van der Waals surface area (Å²) in [6.45, 7) is 2.40. The van der Waals surface area contributed by atoms with Gasteiger partial charge in [0.25, 0.3) is 0 Å². The third-order valence-corrected chi connectivity index (χ3v) is 2.56. The molecule has 5 heteroatoms. The summed E-state index contributed by atoms with van der Waals surface area (Å²) in [5, 5.41) is 21.9. The maximum absolute atomic E-state index is 9.63. The van der Waals surface area contributed by atoms with Gasteiger partial charge in [0, 0.05) is 12.6 Å². The molecule has 1 aromatic rings. The van der Waals surface area contributed by atoms with Gasteiger partial charge in [0.15, 0.2) is 0 Å². The molecule has 17 heavy (non-hydrogen) atoms. The first-order valence-electron chi connectivity index (χ1n) is 5.53. The van der Waals surface area contributed by atoms with Crippen LogP contribution in [0.4, 0.5) is 0 Å². The maximum atomic E-state index is 9.63. The van der Waals surface area contributed by atoms with Gasteiger partial charge in [-0.05, 0) is 19.1 Å². The molecule has 4 nitrogen and oxygen atoms in total. The second kappa shape index (κ2) is 7.50. The quantitative estimate of drug-likeness (QED) is 0.685. The van der Waals surface area contributed by atoms with Crippen LogP contribution in [0.2, 0.25) is 5.02 Å². The van der Waals surface area contributed by atoms with E-state index in [9.17, 15) is 5.11 Å². The fraction of sp³-hybridized carbons (Fsp3) is 0.500. The number of aliphatic hydroxyl groups excluding tert-OH is 2. The van der Waals surface area contributed by atoms with Gasteiger partial charge in [-0.3, -0.25) is 0 Å². The van der Waals surface area contributed by atoms with Gasteiger partial charge in [-0.2, -0.15) is 0 Å². The number of para-hydroxylation sites is 1. The van der Waals surface area contributed by atoms with Crippen LogP contribution in [0.1, 0.15) is 6.92 Å². The van der Waals surface area contributed by atoms with Gasteiger partial charge in [-0.15, -0.1) is 0 Å². The van der Waals surface area contributed by atoms with Crippen LogP contribution in [0, 0.1) is 0 Å². The molecular weight excluding hydrogens is 242 g/mol. The number of halogens is 1. The van der Waals surface area contributed by atoms with Crippen molar-refractivity contribution < 1.29 is 14.9 Å². The zero-order chi connectivity index (χ0) is 12.7. The van der Waals surface area contributed by atoms with Crippen molar-refractivity contribution in [2.75, 3.05) is 19.8 Å². The van der Waals surface area contributed by atoms with Gasteiger partial charge in [-0.1, -0.05) is 23.7 Å². The first-order chi connectivity index (χ1) is 8.13. The molecule has 0 saturated heterocycles. The predicted octanol–water partition coefficient (Wildman–Crippen LogP) is 1.05. The van der Waals surface area contributed by atoms with E-state index in [0.29, 0.717) is 17.3 Å². The molecule has 0 fully saturated rings. The molecule has 2 atom stereocenters. The summed E-state index contributed by atoms with van der Waals surface area (Å²) < 4.78 is 5.38. The first-order valence-corrected chi connectivity index (χ1v) is 5.91. The Morgan fingerprint density at radius 2 is 2.12 bits per heavy atom. The molecule has 0 aliphatic rings. The fourth-order valence-electron chi connectivity index (χ4n) is 1.21. The van der Waals surface area contributed by atoms with Crippen LogP contribution in [0.5, 0.6) is 5.75 Å². The van der Waals surface area contributed by atoms with Gasteiger partial charge in [0.1, 0.15) is 18.5 Å². The summed E-state index contributed by atoms with van der Waals surface area (Å²) in [4.78, 5) is 0. The monoisotopic (exact) mass is 259 g/mol. The highest BCUT2D eigenvalue weighted by Crippen LogP contribution is 2.22. The average molecular weight is 260 g/mol. The van der Waals surface area contributed by atoms with Crippen LogP contribution >= 0.6 is 11.6 Å². The third-order valence-electron chi connectivity index (χ3n) is 2.24. The second-order valence-electron chi connectivity index (χ2n) is 3.89. The van der Waals surface area contributed by atoms with E-state index in [2.05, 4.69) is 5.32 Å². The zero-order valence-corrected chi connectivity index (χ0v) is 10.5. The van der Waals surface area contributed by atoms with Crippen LogP contribution in [0.15, 0.2) is 24.3 Å². The minimum atomic E-state index is -0.639. The number of ether oxygens (including phenoxy) is 1. The fourth-order valence-corrected chi connectivity index (χ4v) is 1.40. The Morgan fingerprint density at radius 1 is 1.41 bits per heavy atom. The minimum absolute atomic E-state index is 0.0371. The van der Waals surface area contributed by atoms with E-state index in [1.165, 1.54) is 0 Å². The molecule has 3 N–H and O–H groups in total. The normalized spacial score (nSPS) is 14.4. The highest BCUT2D eigenvalue weighted by molar-refractivity contribution is 6.32. The van der Waals surface area contributed by atoms with Gasteiger partial charge in [-0.25, -0.2) is 0 Å². The van der Waals surface area contributed by atoms with E-state index >= 15 is 0 Å². The third kappa shape index (κ3) is 5.37. The zero-order valence-electron chi connectivity index (χ0n) is 9.77. The van der Waals surface area contributed by atoms with Crippen LogP contribution in [-0.2, 0) is 0 Å². The Bertz CT molecular complexity index is 335. The van der Waals surface area contributed by atoms with Crippen molar-refractivity contribution in [2.24, 2.45) is 0 Å². The molecule has 0 spiro atoms. The van der Waals surface area contributed by atoms with Crippen molar-refractivity contribution in [3.63, 3.8) is 0 Å². The highest BCUT2D eigenvalue weighted by atomic mass is 35.5. The highest BCUT2D eigenvalue weighted by Gasteiger charge is 2.08. The second-order valence-corrected chi connectivity index (χ2v) is 4.29. The number of benzene rings is 1. The minimum Gasteiger partial charge on any atom is -0.489 e. The van der Waals surface area contributed by atoms with E-state index in [-0.39, 0.29) is 19.3 Å². The lowest BCUT2D eigenvalue weighted by Crippen LogP contribution is -2.38. The lowest BCUT2D eigenvalue weighted by atomic mass is 10.3. The van der Waals surface area contributed by atoms with Crippen molar-refractivity contribution >= 4 is 11.6 Å². The number of nitrogens with one attached hydrogen (secondary N) is 1. The predicted molar refractivity (Wildman–Crippen MR) is 67.5 cm³/mol. The number of rotatable bonds is 7. The van der Waals surface area contributed by atoms with E-state index in [1.807, 2.05) is 19.1 Å². The molecule has 0 radical (unpaired) electrons. The summed E-state index contributed by atoms with van der Waals surface area (Å²) in [5.74, 6) is 0.559. The summed E-state index contributed by atoms with van der Waals surface area (Å²) in [7, 11) is 0. The molecule has 0 saturated carbocycles. The van der Waals surface area contributed by atoms with Gasteiger partial charge in [0.2, 0.25) is 0 Å². The average Bonchev–Trinajstić information content (AvgIpc) is 2.35.